The Labute approximate surface area is 324 Å². The van der Waals surface area contributed by atoms with Crippen LogP contribution in [0, 0.1) is 0 Å². The standard InChI is InChI=1S/C46H88N2O4/c1-3-5-7-9-11-13-15-17-19-21-23-25-27-29-31-35-41-50-43-45(44-52-46(49)47-37-40-48-38-33-34-39-48)51-42-36-32-30-28-26-24-22-20-18-16-14-12-10-8-6-4-2/h17-20,45H,3-16,21-44H2,1-2H3,(H,47,49). The van der Waals surface area contributed by atoms with Crippen molar-refractivity contribution in [1.29, 1.82) is 0 Å². The van der Waals surface area contributed by atoms with Crippen LogP contribution in [0.4, 0.5) is 4.79 Å². The van der Waals surface area contributed by atoms with Gasteiger partial charge in [0, 0.05) is 26.3 Å². The summed E-state index contributed by atoms with van der Waals surface area (Å²) in [6.45, 7) is 10.5. The molecule has 1 fully saturated rings. The molecule has 1 rings (SSSR count). The lowest BCUT2D eigenvalue weighted by Gasteiger charge is -2.19. The molecule has 1 aliphatic heterocycles. The molecule has 6 heteroatoms. The van der Waals surface area contributed by atoms with Crippen LogP contribution in [0.1, 0.15) is 206 Å². The minimum Gasteiger partial charge on any atom is -0.447 e. The number of nitrogens with one attached hydrogen (secondary N) is 1. The monoisotopic (exact) mass is 733 g/mol. The van der Waals surface area contributed by atoms with Gasteiger partial charge in [0.1, 0.15) is 12.7 Å². The maximum Gasteiger partial charge on any atom is 0.407 e. The number of allylic oxidation sites excluding steroid dienone is 4. The van der Waals surface area contributed by atoms with Crippen molar-refractivity contribution in [2.75, 3.05) is 52.6 Å². The van der Waals surface area contributed by atoms with E-state index in [0.29, 0.717) is 19.8 Å². The summed E-state index contributed by atoms with van der Waals surface area (Å²) in [6.07, 6.45) is 48.1. The van der Waals surface area contributed by atoms with E-state index in [0.717, 1.165) is 39.1 Å². The van der Waals surface area contributed by atoms with Crippen LogP contribution in [-0.4, -0.2) is 69.7 Å². The lowest BCUT2D eigenvalue weighted by molar-refractivity contribution is -0.0468. The highest BCUT2D eigenvalue weighted by Crippen LogP contribution is 2.13. The van der Waals surface area contributed by atoms with Crippen molar-refractivity contribution in [1.82, 2.24) is 10.2 Å². The molecule has 1 heterocycles. The molecule has 1 atom stereocenters. The fourth-order valence-electron chi connectivity index (χ4n) is 6.95. The van der Waals surface area contributed by atoms with Crippen LogP contribution in [-0.2, 0) is 14.2 Å². The fourth-order valence-corrected chi connectivity index (χ4v) is 6.95. The Bertz CT molecular complexity index is 782. The third-order valence-corrected chi connectivity index (χ3v) is 10.4. The van der Waals surface area contributed by atoms with Gasteiger partial charge < -0.3 is 24.4 Å². The largest absolute Gasteiger partial charge is 0.447 e. The molecule has 6 nitrogen and oxygen atoms in total. The molecule has 1 unspecified atom stereocenters. The zero-order valence-electron chi connectivity index (χ0n) is 34.8. The number of hydrogen-bond acceptors (Lipinski definition) is 5. The Morgan fingerprint density at radius 3 is 1.46 bits per heavy atom. The first-order chi connectivity index (χ1) is 25.8. The number of ether oxygens (including phenoxy) is 3. The number of alkyl carbamates (subject to hydrolysis) is 1. The lowest BCUT2D eigenvalue weighted by Crippen LogP contribution is -2.36. The van der Waals surface area contributed by atoms with E-state index in [2.05, 4.69) is 48.4 Å². The van der Waals surface area contributed by atoms with Gasteiger partial charge in [-0.25, -0.2) is 4.79 Å². The van der Waals surface area contributed by atoms with E-state index in [1.54, 1.807) is 0 Å². The summed E-state index contributed by atoms with van der Waals surface area (Å²) in [4.78, 5) is 14.7. The number of amides is 1. The molecule has 306 valence electrons. The maximum atomic E-state index is 12.3. The zero-order valence-corrected chi connectivity index (χ0v) is 34.8. The van der Waals surface area contributed by atoms with Crippen LogP contribution in [0.3, 0.4) is 0 Å². The van der Waals surface area contributed by atoms with Crippen molar-refractivity contribution in [2.24, 2.45) is 0 Å². The maximum absolute atomic E-state index is 12.3. The Morgan fingerprint density at radius 1 is 0.558 bits per heavy atom. The van der Waals surface area contributed by atoms with Gasteiger partial charge in [0.2, 0.25) is 0 Å². The van der Waals surface area contributed by atoms with Crippen LogP contribution in [0.5, 0.6) is 0 Å². The van der Waals surface area contributed by atoms with Gasteiger partial charge in [-0.05, 0) is 90.1 Å². The van der Waals surface area contributed by atoms with Crippen molar-refractivity contribution < 1.29 is 19.0 Å². The topological polar surface area (TPSA) is 60.0 Å². The van der Waals surface area contributed by atoms with E-state index < -0.39 is 0 Å². The quantitative estimate of drug-likeness (QED) is 0.0502. The van der Waals surface area contributed by atoms with E-state index in [4.69, 9.17) is 14.2 Å². The minimum absolute atomic E-state index is 0.207. The average Bonchev–Trinajstić information content (AvgIpc) is 3.68. The van der Waals surface area contributed by atoms with Crippen molar-refractivity contribution in [3.05, 3.63) is 24.3 Å². The van der Waals surface area contributed by atoms with Gasteiger partial charge in [-0.2, -0.15) is 0 Å². The third-order valence-electron chi connectivity index (χ3n) is 10.4. The molecule has 1 saturated heterocycles. The summed E-state index contributed by atoms with van der Waals surface area (Å²) in [5.41, 5.74) is 0. The Morgan fingerprint density at radius 2 is 0.981 bits per heavy atom. The molecule has 0 saturated carbocycles. The second-order valence-corrected chi connectivity index (χ2v) is 15.5. The van der Waals surface area contributed by atoms with E-state index >= 15 is 0 Å². The zero-order chi connectivity index (χ0) is 37.3. The fraction of sp³-hybridized carbons (Fsp3) is 0.891. The molecular formula is C46H88N2O4. The van der Waals surface area contributed by atoms with Crippen LogP contribution in [0.15, 0.2) is 24.3 Å². The van der Waals surface area contributed by atoms with E-state index in [9.17, 15) is 4.79 Å². The second kappa shape index (κ2) is 40.8. The molecule has 1 aliphatic rings. The predicted molar refractivity (Wildman–Crippen MR) is 224 cm³/mol. The number of nitrogens with zero attached hydrogens (tertiary/aromatic N) is 1. The summed E-state index contributed by atoms with van der Waals surface area (Å²) >= 11 is 0. The SMILES string of the molecule is CCCCCCCCC=CCCCCCCCCOCC(COC(=O)NCCN1CCCC1)OCCCCCCCCC=CCCCCCCCC. The summed E-state index contributed by atoms with van der Waals surface area (Å²) in [6, 6.07) is 0. The molecular weight excluding hydrogens is 645 g/mol. The number of hydrogen-bond donors (Lipinski definition) is 1. The third kappa shape index (κ3) is 35.6. The average molecular weight is 733 g/mol. The van der Waals surface area contributed by atoms with Crippen LogP contribution < -0.4 is 5.32 Å². The van der Waals surface area contributed by atoms with Crippen molar-refractivity contribution in [3.8, 4) is 0 Å². The first kappa shape index (κ1) is 48.6. The molecule has 1 amide bonds. The van der Waals surface area contributed by atoms with Gasteiger partial charge in [0.15, 0.2) is 0 Å². The summed E-state index contributed by atoms with van der Waals surface area (Å²) < 4.78 is 17.8. The smallest absolute Gasteiger partial charge is 0.407 e. The highest BCUT2D eigenvalue weighted by atomic mass is 16.6. The Kier molecular flexibility index (Phi) is 38.2. The number of carbonyl (C=O) groups excluding carboxylic acids is 1. The Hall–Kier alpha value is -1.37. The number of rotatable bonds is 40. The van der Waals surface area contributed by atoms with Gasteiger partial charge in [-0.3, -0.25) is 0 Å². The van der Waals surface area contributed by atoms with Gasteiger partial charge in [0.05, 0.1) is 6.61 Å². The van der Waals surface area contributed by atoms with Gasteiger partial charge in [-0.15, -0.1) is 0 Å². The predicted octanol–water partition coefficient (Wildman–Crippen LogP) is 13.3. The molecule has 0 aliphatic carbocycles. The minimum atomic E-state index is -0.349. The number of likely N-dealkylation sites (tertiary alicyclic amines) is 1. The van der Waals surface area contributed by atoms with Crippen LogP contribution in [0.2, 0.25) is 0 Å². The number of unbranched alkanes of at least 4 members (excludes halogenated alkanes) is 24. The van der Waals surface area contributed by atoms with Crippen molar-refractivity contribution in [2.45, 2.75) is 213 Å². The van der Waals surface area contributed by atoms with Gasteiger partial charge in [0.25, 0.3) is 0 Å². The first-order valence-electron chi connectivity index (χ1n) is 22.9. The summed E-state index contributed by atoms with van der Waals surface area (Å²) in [7, 11) is 0. The summed E-state index contributed by atoms with van der Waals surface area (Å²) in [5.74, 6) is 0. The highest BCUT2D eigenvalue weighted by Gasteiger charge is 2.15. The highest BCUT2D eigenvalue weighted by molar-refractivity contribution is 5.67. The van der Waals surface area contributed by atoms with E-state index in [-0.39, 0.29) is 18.8 Å². The summed E-state index contributed by atoms with van der Waals surface area (Å²) in [5, 5.41) is 2.91. The number of carbonyl (C=O) groups is 1. The van der Waals surface area contributed by atoms with E-state index in [1.807, 2.05) is 0 Å². The normalized spacial score (nSPS) is 14.3. The molecule has 0 spiro atoms. The van der Waals surface area contributed by atoms with Gasteiger partial charge >= 0.3 is 6.09 Å². The molecule has 0 radical (unpaired) electrons. The molecule has 0 bridgehead atoms. The van der Waals surface area contributed by atoms with Crippen LogP contribution in [0.25, 0.3) is 0 Å². The molecule has 1 N–H and O–H groups in total. The molecule has 52 heavy (non-hydrogen) atoms. The molecule has 0 aromatic carbocycles. The first-order valence-corrected chi connectivity index (χ1v) is 22.9. The van der Waals surface area contributed by atoms with Crippen LogP contribution >= 0.6 is 0 Å². The molecule has 0 aromatic rings. The van der Waals surface area contributed by atoms with E-state index in [1.165, 1.54) is 180 Å². The second-order valence-electron chi connectivity index (χ2n) is 15.5. The van der Waals surface area contributed by atoms with Gasteiger partial charge in [-0.1, -0.05) is 154 Å². The van der Waals surface area contributed by atoms with Crippen molar-refractivity contribution >= 4 is 6.09 Å². The van der Waals surface area contributed by atoms with Crippen molar-refractivity contribution in [3.63, 3.8) is 0 Å². The molecule has 0 aromatic heterocycles. The Balaban J connectivity index is 2.10. The lowest BCUT2D eigenvalue weighted by atomic mass is 10.1.